The van der Waals surface area contributed by atoms with Crippen LogP contribution in [0.1, 0.15) is 26.7 Å². The number of carbonyl (C=O) groups excluding carboxylic acids is 2. The molecule has 0 saturated carbocycles. The first-order valence-electron chi connectivity index (χ1n) is 5.67. The molecule has 0 aliphatic rings. The molecule has 0 spiro atoms. The molecule has 0 bridgehead atoms. The number of Topliss-reactive ketones (excluding diaryl/α,β-unsaturated/α-hetero) is 1. The highest BCUT2D eigenvalue weighted by molar-refractivity contribution is 6.31. The number of halogens is 2. The minimum atomic E-state index is -0.687. The molecule has 0 radical (unpaired) electrons. The monoisotopic (exact) mass is 296 g/mol. The molecule has 0 amide bonds. The Morgan fingerprint density at radius 3 is 2.60 bits per heavy atom. The molecule has 20 heavy (non-hydrogen) atoms. The molecule has 1 aromatic carbocycles. The van der Waals surface area contributed by atoms with Gasteiger partial charge in [-0.25, -0.2) is 9.18 Å². The van der Waals surface area contributed by atoms with Crippen LogP contribution in [0, 0.1) is 5.82 Å². The van der Waals surface area contributed by atoms with Gasteiger partial charge in [0.05, 0.1) is 7.11 Å². The second-order valence-electron chi connectivity index (χ2n) is 3.96. The molecule has 1 aromatic heterocycles. The van der Waals surface area contributed by atoms with Crippen molar-refractivity contribution in [3.05, 3.63) is 58.3 Å². The topological polar surface area (TPSA) is 56.5 Å². The van der Waals surface area contributed by atoms with Crippen LogP contribution in [0.3, 0.4) is 0 Å². The Hall–Kier alpha value is -2.14. The zero-order chi connectivity index (χ0) is 14.7. The summed E-state index contributed by atoms with van der Waals surface area (Å²) in [4.78, 5) is 23.2. The Morgan fingerprint density at radius 2 is 1.95 bits per heavy atom. The fourth-order valence-corrected chi connectivity index (χ4v) is 1.88. The molecule has 0 aliphatic heterocycles. The quantitative estimate of drug-likeness (QED) is 0.642. The molecule has 4 nitrogen and oxygen atoms in total. The van der Waals surface area contributed by atoms with Gasteiger partial charge in [-0.1, -0.05) is 17.7 Å². The number of carbonyl (C=O) groups is 2. The first-order valence-corrected chi connectivity index (χ1v) is 6.05. The highest BCUT2D eigenvalue weighted by atomic mass is 35.5. The summed E-state index contributed by atoms with van der Waals surface area (Å²) in [5.41, 5.74) is 0.0928. The molecule has 0 unspecified atom stereocenters. The van der Waals surface area contributed by atoms with Gasteiger partial charge in [0.1, 0.15) is 5.82 Å². The molecule has 6 heteroatoms. The summed E-state index contributed by atoms with van der Waals surface area (Å²) < 4.78 is 23.1. The predicted molar refractivity (Wildman–Crippen MR) is 69.5 cm³/mol. The smallest absolute Gasteiger partial charge is 0.373 e. The minimum absolute atomic E-state index is 0.0512. The number of rotatable bonds is 4. The van der Waals surface area contributed by atoms with E-state index in [9.17, 15) is 14.0 Å². The van der Waals surface area contributed by atoms with Crippen LogP contribution < -0.4 is 0 Å². The maximum atomic E-state index is 13.6. The second-order valence-corrected chi connectivity index (χ2v) is 4.36. The van der Waals surface area contributed by atoms with Gasteiger partial charge in [-0.2, -0.15) is 0 Å². The molecule has 0 N–H and O–H groups in total. The fourth-order valence-electron chi connectivity index (χ4n) is 1.65. The van der Waals surface area contributed by atoms with Crippen LogP contribution in [-0.4, -0.2) is 18.9 Å². The fraction of sp³-hybridized carbons (Fsp3) is 0.143. The van der Waals surface area contributed by atoms with Crippen molar-refractivity contribution in [3.8, 4) is 0 Å². The van der Waals surface area contributed by atoms with Gasteiger partial charge >= 0.3 is 5.97 Å². The molecule has 0 fully saturated rings. The van der Waals surface area contributed by atoms with Crippen molar-refractivity contribution in [3.63, 3.8) is 0 Å². The van der Waals surface area contributed by atoms with E-state index in [1.807, 2.05) is 0 Å². The highest BCUT2D eigenvalue weighted by Crippen LogP contribution is 2.21. The van der Waals surface area contributed by atoms with Crippen molar-refractivity contribution in [2.45, 2.75) is 6.42 Å². The lowest BCUT2D eigenvalue weighted by Crippen LogP contribution is -2.05. The van der Waals surface area contributed by atoms with Crippen LogP contribution in [-0.2, 0) is 11.2 Å². The molecular weight excluding hydrogens is 287 g/mol. The average molecular weight is 297 g/mol. The van der Waals surface area contributed by atoms with Gasteiger partial charge in [-0.05, 0) is 24.3 Å². The van der Waals surface area contributed by atoms with E-state index < -0.39 is 17.6 Å². The first-order chi connectivity index (χ1) is 9.52. The number of hydrogen-bond donors (Lipinski definition) is 0. The van der Waals surface area contributed by atoms with E-state index >= 15 is 0 Å². The van der Waals surface area contributed by atoms with Crippen LogP contribution in [0.15, 0.2) is 34.7 Å². The van der Waals surface area contributed by atoms with Gasteiger partial charge in [0.15, 0.2) is 5.76 Å². The van der Waals surface area contributed by atoms with E-state index in [0.29, 0.717) is 0 Å². The molecule has 104 valence electrons. The first kappa shape index (κ1) is 14.3. The maximum absolute atomic E-state index is 13.6. The van der Waals surface area contributed by atoms with Crippen molar-refractivity contribution < 1.29 is 23.1 Å². The van der Waals surface area contributed by atoms with E-state index in [-0.39, 0.29) is 28.5 Å². The average Bonchev–Trinajstić information content (AvgIpc) is 2.92. The van der Waals surface area contributed by atoms with Crippen molar-refractivity contribution >= 4 is 23.4 Å². The molecule has 0 atom stereocenters. The largest absolute Gasteiger partial charge is 0.463 e. The summed E-state index contributed by atoms with van der Waals surface area (Å²) in [6, 6.07) is 6.82. The molecule has 1 heterocycles. The zero-order valence-electron chi connectivity index (χ0n) is 10.5. The van der Waals surface area contributed by atoms with Crippen LogP contribution in [0.5, 0.6) is 0 Å². The standard InChI is InChI=1S/C14H10ClFO4/c1-19-14(18)13-6-5-12(20-13)11(17)7-8-9(15)3-2-4-10(8)16/h2-6H,7H2,1H3. The lowest BCUT2D eigenvalue weighted by atomic mass is 10.1. The lowest BCUT2D eigenvalue weighted by Gasteiger charge is -2.03. The van der Waals surface area contributed by atoms with Crippen molar-refractivity contribution in [1.29, 1.82) is 0 Å². The Bertz CT molecular complexity index is 643. The number of esters is 1. The summed E-state index contributed by atoms with van der Waals surface area (Å²) in [5, 5.41) is 0.165. The molecular formula is C14H10ClFO4. The minimum Gasteiger partial charge on any atom is -0.463 e. The molecule has 2 aromatic rings. The molecule has 0 aliphatic carbocycles. The van der Waals surface area contributed by atoms with Gasteiger partial charge in [-0.3, -0.25) is 4.79 Å². The van der Waals surface area contributed by atoms with Gasteiger partial charge in [-0.15, -0.1) is 0 Å². The van der Waals surface area contributed by atoms with Crippen LogP contribution in [0.25, 0.3) is 0 Å². The third-order valence-electron chi connectivity index (χ3n) is 2.67. The third-order valence-corrected chi connectivity index (χ3v) is 3.02. The normalized spacial score (nSPS) is 10.3. The number of benzene rings is 1. The van der Waals surface area contributed by atoms with Crippen LogP contribution in [0.2, 0.25) is 5.02 Å². The summed E-state index contributed by atoms with van der Waals surface area (Å²) in [5.74, 6) is -1.87. The van der Waals surface area contributed by atoms with Crippen molar-refractivity contribution in [2.24, 2.45) is 0 Å². The highest BCUT2D eigenvalue weighted by Gasteiger charge is 2.18. The van der Waals surface area contributed by atoms with E-state index in [2.05, 4.69) is 4.74 Å². The summed E-state index contributed by atoms with van der Waals surface area (Å²) >= 11 is 5.84. The number of furan rings is 1. The van der Waals surface area contributed by atoms with E-state index in [0.717, 1.165) is 0 Å². The second kappa shape index (κ2) is 5.88. The third kappa shape index (κ3) is 2.88. The SMILES string of the molecule is COC(=O)c1ccc(C(=O)Cc2c(F)cccc2Cl)o1. The van der Waals surface area contributed by atoms with Crippen LogP contribution >= 0.6 is 11.6 Å². The summed E-state index contributed by atoms with van der Waals surface area (Å²) in [7, 11) is 1.20. The lowest BCUT2D eigenvalue weighted by molar-refractivity contribution is 0.0563. The summed E-state index contributed by atoms with van der Waals surface area (Å²) in [6.07, 6.45) is -0.250. The summed E-state index contributed by atoms with van der Waals surface area (Å²) in [6.45, 7) is 0. The Morgan fingerprint density at radius 1 is 1.25 bits per heavy atom. The van der Waals surface area contributed by atoms with Gasteiger partial charge in [0.2, 0.25) is 11.5 Å². The Balaban J connectivity index is 2.20. The number of methoxy groups -OCH3 is 1. The predicted octanol–water partition coefficient (Wildman–Crippen LogP) is 3.28. The van der Waals surface area contributed by atoms with Gasteiger partial charge in [0, 0.05) is 17.0 Å². The Labute approximate surface area is 119 Å². The Kier molecular flexibility index (Phi) is 4.20. The van der Waals surface area contributed by atoms with Crippen molar-refractivity contribution in [2.75, 3.05) is 7.11 Å². The number of ketones is 1. The maximum Gasteiger partial charge on any atom is 0.373 e. The molecule has 2 rings (SSSR count). The van der Waals surface area contributed by atoms with Crippen molar-refractivity contribution in [1.82, 2.24) is 0 Å². The van der Waals surface area contributed by atoms with Gasteiger partial charge in [0.25, 0.3) is 0 Å². The number of ether oxygens (including phenoxy) is 1. The van der Waals surface area contributed by atoms with Crippen LogP contribution in [0.4, 0.5) is 4.39 Å². The van der Waals surface area contributed by atoms with E-state index in [1.165, 1.54) is 37.4 Å². The van der Waals surface area contributed by atoms with E-state index in [4.69, 9.17) is 16.0 Å². The number of hydrogen-bond acceptors (Lipinski definition) is 4. The van der Waals surface area contributed by atoms with Gasteiger partial charge < -0.3 is 9.15 Å². The molecule has 0 saturated heterocycles. The van der Waals surface area contributed by atoms with E-state index in [1.54, 1.807) is 0 Å². The zero-order valence-corrected chi connectivity index (χ0v) is 11.2.